The number of carboxylic acid groups (broad SMARTS) is 1. The predicted octanol–water partition coefficient (Wildman–Crippen LogP) is 2.72. The van der Waals surface area contributed by atoms with Crippen molar-refractivity contribution in [3.8, 4) is 5.75 Å². The molecule has 0 heterocycles. The molecule has 2 aromatic rings. The summed E-state index contributed by atoms with van der Waals surface area (Å²) in [5.41, 5.74) is 7.46. The van der Waals surface area contributed by atoms with Gasteiger partial charge in [0.1, 0.15) is 18.4 Å². The minimum absolute atomic E-state index is 0.0846. The maximum atomic E-state index is 10.7. The van der Waals surface area contributed by atoms with E-state index in [2.05, 4.69) is 0 Å². The van der Waals surface area contributed by atoms with Gasteiger partial charge in [0.05, 0.1) is 0 Å². The van der Waals surface area contributed by atoms with Crippen LogP contribution in [0.5, 0.6) is 5.75 Å². The zero-order chi connectivity index (χ0) is 15.2. The zero-order valence-corrected chi connectivity index (χ0v) is 12.1. The van der Waals surface area contributed by atoms with Crippen LogP contribution in [0.2, 0.25) is 5.02 Å². The van der Waals surface area contributed by atoms with E-state index in [-0.39, 0.29) is 6.61 Å². The normalized spacial score (nSPS) is 11.9. The highest BCUT2D eigenvalue weighted by Gasteiger charge is 2.13. The Morgan fingerprint density at radius 2 is 1.95 bits per heavy atom. The average molecular weight is 306 g/mol. The summed E-state index contributed by atoms with van der Waals surface area (Å²) >= 11 is 6.02. The molecule has 0 saturated carbocycles. The quantitative estimate of drug-likeness (QED) is 0.860. The minimum atomic E-state index is -1.09. The van der Waals surface area contributed by atoms with Crippen LogP contribution in [0.25, 0.3) is 0 Å². The smallest absolute Gasteiger partial charge is 0.324 e. The predicted molar refractivity (Wildman–Crippen MR) is 81.8 cm³/mol. The van der Waals surface area contributed by atoms with E-state index in [1.807, 2.05) is 36.4 Å². The minimum Gasteiger partial charge on any atom is -0.491 e. The summed E-state index contributed by atoms with van der Waals surface area (Å²) in [5, 5.41) is 9.39. The van der Waals surface area contributed by atoms with E-state index in [4.69, 9.17) is 27.2 Å². The molecular weight excluding hydrogens is 290 g/mol. The van der Waals surface area contributed by atoms with E-state index in [1.165, 1.54) is 0 Å². The first kappa shape index (κ1) is 15.4. The lowest BCUT2D eigenvalue weighted by Crippen LogP contribution is -2.36. The number of hydrogen-bond donors (Lipinski definition) is 2. The fourth-order valence-electron chi connectivity index (χ4n) is 1.89. The van der Waals surface area contributed by atoms with Crippen molar-refractivity contribution in [2.45, 2.75) is 12.5 Å². The molecule has 3 N–H and O–H groups in total. The van der Waals surface area contributed by atoms with Crippen molar-refractivity contribution in [3.05, 3.63) is 64.7 Å². The molecule has 0 aliphatic carbocycles. The summed E-state index contributed by atoms with van der Waals surface area (Å²) < 4.78 is 5.52. The van der Waals surface area contributed by atoms with E-state index >= 15 is 0 Å². The second kappa shape index (κ2) is 7.11. The van der Waals surface area contributed by atoms with Gasteiger partial charge < -0.3 is 15.6 Å². The third-order valence-electron chi connectivity index (χ3n) is 3.00. The molecule has 4 nitrogen and oxygen atoms in total. The second-order valence-corrected chi connectivity index (χ2v) is 5.11. The largest absolute Gasteiger partial charge is 0.491 e. The van der Waals surface area contributed by atoms with Gasteiger partial charge in [0.2, 0.25) is 0 Å². The molecule has 0 aliphatic heterocycles. The Morgan fingerprint density at radius 1 is 1.24 bits per heavy atom. The van der Waals surface area contributed by atoms with Gasteiger partial charge in [-0.2, -0.15) is 0 Å². The molecule has 5 heteroatoms. The number of hydrogen-bond acceptors (Lipinski definition) is 3. The van der Waals surface area contributed by atoms with Crippen molar-refractivity contribution >= 4 is 17.6 Å². The first-order chi connectivity index (χ1) is 10.1. The summed E-state index contributed by atoms with van der Waals surface area (Å²) in [5.74, 6) is -0.492. The molecule has 1 unspecified atom stereocenters. The van der Waals surface area contributed by atoms with E-state index < -0.39 is 12.0 Å². The van der Waals surface area contributed by atoms with Crippen LogP contribution < -0.4 is 10.5 Å². The van der Waals surface area contributed by atoms with Crippen molar-refractivity contribution in [3.63, 3.8) is 0 Å². The van der Waals surface area contributed by atoms with Gasteiger partial charge in [-0.1, -0.05) is 41.9 Å². The number of benzene rings is 2. The average Bonchev–Trinajstić information content (AvgIpc) is 2.47. The van der Waals surface area contributed by atoms with Gasteiger partial charge in [0.25, 0.3) is 0 Å². The molecule has 0 aliphatic rings. The van der Waals surface area contributed by atoms with Gasteiger partial charge in [0.15, 0.2) is 0 Å². The van der Waals surface area contributed by atoms with Gasteiger partial charge in [-0.25, -0.2) is 0 Å². The summed E-state index contributed by atoms with van der Waals surface area (Å²) in [4.78, 5) is 10.7. The molecule has 2 rings (SSSR count). The van der Waals surface area contributed by atoms with Gasteiger partial charge in [-0.3, -0.25) is 4.79 Å². The molecule has 1 atom stereocenters. The monoisotopic (exact) mass is 305 g/mol. The van der Waals surface area contributed by atoms with Gasteiger partial charge in [0, 0.05) is 11.4 Å². The van der Waals surface area contributed by atoms with Crippen molar-refractivity contribution < 1.29 is 14.6 Å². The maximum absolute atomic E-state index is 10.7. The van der Waals surface area contributed by atoms with Crippen LogP contribution in [-0.4, -0.2) is 23.7 Å². The Kier molecular flexibility index (Phi) is 5.20. The number of carboxylic acids is 1. The summed E-state index contributed by atoms with van der Waals surface area (Å²) in [7, 11) is 0. The second-order valence-electron chi connectivity index (χ2n) is 4.67. The first-order valence-electron chi connectivity index (χ1n) is 6.50. The number of rotatable bonds is 6. The molecule has 0 amide bonds. The highest BCUT2D eigenvalue weighted by molar-refractivity contribution is 6.30. The molecule has 0 aromatic heterocycles. The molecule has 0 fully saturated rings. The lowest BCUT2D eigenvalue weighted by molar-refractivity contribution is -0.139. The molecule has 0 saturated heterocycles. The highest BCUT2D eigenvalue weighted by atomic mass is 35.5. The van der Waals surface area contributed by atoms with Gasteiger partial charge in [-0.15, -0.1) is 0 Å². The topological polar surface area (TPSA) is 72.5 Å². The number of halogens is 1. The van der Waals surface area contributed by atoms with Crippen molar-refractivity contribution in [1.29, 1.82) is 0 Å². The van der Waals surface area contributed by atoms with Crippen LogP contribution in [-0.2, 0) is 11.2 Å². The fraction of sp³-hybridized carbons (Fsp3) is 0.188. The van der Waals surface area contributed by atoms with Crippen LogP contribution in [0.4, 0.5) is 0 Å². The summed E-state index contributed by atoms with van der Waals surface area (Å²) in [6.07, 6.45) is 0.652. The highest BCUT2D eigenvalue weighted by Crippen LogP contribution is 2.25. The molecule has 110 valence electrons. The Labute approximate surface area is 128 Å². The molecule has 21 heavy (non-hydrogen) atoms. The SMILES string of the molecule is NC(COc1ccc(Cl)cc1Cc1ccccc1)C(=O)O. The van der Waals surface area contributed by atoms with E-state index in [1.54, 1.807) is 12.1 Å². The molecule has 0 spiro atoms. The van der Waals surface area contributed by atoms with E-state index in [9.17, 15) is 4.79 Å². The number of nitrogens with two attached hydrogens (primary N) is 1. The van der Waals surface area contributed by atoms with Crippen molar-refractivity contribution in [1.82, 2.24) is 0 Å². The Hall–Kier alpha value is -2.04. The summed E-state index contributed by atoms with van der Waals surface area (Å²) in [6, 6.07) is 14.1. The third-order valence-corrected chi connectivity index (χ3v) is 3.23. The van der Waals surface area contributed by atoms with E-state index in [0.29, 0.717) is 17.2 Å². The van der Waals surface area contributed by atoms with Crippen molar-refractivity contribution in [2.75, 3.05) is 6.61 Å². The fourth-order valence-corrected chi connectivity index (χ4v) is 2.09. The summed E-state index contributed by atoms with van der Waals surface area (Å²) in [6.45, 7) is -0.0846. The van der Waals surface area contributed by atoms with Crippen LogP contribution in [0.1, 0.15) is 11.1 Å². The van der Waals surface area contributed by atoms with Gasteiger partial charge in [-0.05, 0) is 29.3 Å². The molecule has 2 aromatic carbocycles. The molecular formula is C16H16ClNO3. The van der Waals surface area contributed by atoms with Crippen LogP contribution in [0, 0.1) is 0 Å². The number of aliphatic carboxylic acids is 1. The molecule has 0 bridgehead atoms. The first-order valence-corrected chi connectivity index (χ1v) is 6.87. The standard InChI is InChI=1S/C16H16ClNO3/c17-13-6-7-15(21-10-14(18)16(19)20)12(9-13)8-11-4-2-1-3-5-11/h1-7,9,14H,8,10,18H2,(H,19,20). The van der Waals surface area contributed by atoms with Crippen molar-refractivity contribution in [2.24, 2.45) is 5.73 Å². The van der Waals surface area contributed by atoms with Crippen LogP contribution >= 0.6 is 11.6 Å². The van der Waals surface area contributed by atoms with Crippen LogP contribution in [0.15, 0.2) is 48.5 Å². The maximum Gasteiger partial charge on any atom is 0.324 e. The molecule has 0 radical (unpaired) electrons. The lowest BCUT2D eigenvalue weighted by Gasteiger charge is -2.14. The van der Waals surface area contributed by atoms with Crippen LogP contribution in [0.3, 0.4) is 0 Å². The number of ether oxygens (including phenoxy) is 1. The number of carbonyl (C=O) groups is 1. The Balaban J connectivity index is 2.15. The Morgan fingerprint density at radius 3 is 2.62 bits per heavy atom. The third kappa shape index (κ3) is 4.48. The van der Waals surface area contributed by atoms with Gasteiger partial charge >= 0.3 is 5.97 Å². The zero-order valence-electron chi connectivity index (χ0n) is 11.3. The van der Waals surface area contributed by atoms with E-state index in [0.717, 1.165) is 11.1 Å². The Bertz CT molecular complexity index is 616. The lowest BCUT2D eigenvalue weighted by atomic mass is 10.0.